The number of amides is 1. The summed E-state index contributed by atoms with van der Waals surface area (Å²) in [4.78, 5) is 24.0. The second kappa shape index (κ2) is 6.96. The molecule has 0 fully saturated rings. The first-order chi connectivity index (χ1) is 10.4. The lowest BCUT2D eigenvalue weighted by Crippen LogP contribution is -2.27. The van der Waals surface area contributed by atoms with E-state index in [1.165, 1.54) is 18.2 Å². The molecule has 5 nitrogen and oxygen atoms in total. The van der Waals surface area contributed by atoms with Crippen molar-refractivity contribution in [1.82, 2.24) is 0 Å². The topological polar surface area (TPSA) is 63.5 Å². The second-order valence-electron chi connectivity index (χ2n) is 4.23. The van der Waals surface area contributed by atoms with Gasteiger partial charge in [-0.05, 0) is 36.4 Å². The third kappa shape index (κ3) is 3.50. The van der Waals surface area contributed by atoms with Crippen molar-refractivity contribution in [3.05, 3.63) is 62.6 Å². The van der Waals surface area contributed by atoms with E-state index in [1.807, 2.05) is 0 Å². The summed E-state index contributed by atoms with van der Waals surface area (Å²) in [5.41, 5.74) is 0.212. The molecule has 8 heteroatoms. The molecule has 2 aromatic carbocycles. The zero-order valence-corrected chi connectivity index (χ0v) is 13.3. The summed E-state index contributed by atoms with van der Waals surface area (Å²) in [6, 6.07) is 10.4. The average molecular weight is 360 g/mol. The predicted octanol–water partition coefficient (Wildman–Crippen LogP) is 4.81. The first kappa shape index (κ1) is 16.5. The van der Waals surface area contributed by atoms with E-state index < -0.39 is 10.8 Å². The Bertz CT molecular complexity index is 720. The van der Waals surface area contributed by atoms with Crippen molar-refractivity contribution in [2.75, 3.05) is 10.8 Å². The molecule has 2 aromatic rings. The van der Waals surface area contributed by atoms with Gasteiger partial charge in [0.25, 0.3) is 5.69 Å². The first-order valence-corrected chi connectivity index (χ1v) is 7.31. The summed E-state index contributed by atoms with van der Waals surface area (Å²) in [7, 11) is 0. The standard InChI is InChI=1S/C14H9Cl3N2O3/c15-8-14(20)18(11-4-1-9(16)2-5-11)12-6-3-10(17)7-13(12)19(21)22/h1-7H,8H2. The number of carbonyl (C=O) groups is 1. The Labute approximate surface area is 141 Å². The van der Waals surface area contributed by atoms with Crippen molar-refractivity contribution < 1.29 is 9.72 Å². The van der Waals surface area contributed by atoms with Crippen LogP contribution in [0.4, 0.5) is 17.1 Å². The second-order valence-corrected chi connectivity index (χ2v) is 5.37. The van der Waals surface area contributed by atoms with Crippen LogP contribution in [0.3, 0.4) is 0 Å². The van der Waals surface area contributed by atoms with Crippen LogP contribution in [0, 0.1) is 10.1 Å². The van der Waals surface area contributed by atoms with Crippen molar-refractivity contribution in [2.24, 2.45) is 0 Å². The van der Waals surface area contributed by atoms with Gasteiger partial charge in [0.15, 0.2) is 0 Å². The zero-order chi connectivity index (χ0) is 16.3. The molecule has 1 amide bonds. The SMILES string of the molecule is O=C(CCl)N(c1ccc(Cl)cc1)c1ccc(Cl)cc1[N+](=O)[O-]. The minimum Gasteiger partial charge on any atom is -0.273 e. The lowest BCUT2D eigenvalue weighted by atomic mass is 10.2. The van der Waals surface area contributed by atoms with E-state index in [2.05, 4.69) is 0 Å². The van der Waals surface area contributed by atoms with Crippen LogP contribution in [0.5, 0.6) is 0 Å². The molecule has 0 aliphatic rings. The van der Waals surface area contributed by atoms with Gasteiger partial charge in [-0.2, -0.15) is 0 Å². The molecule has 114 valence electrons. The molecule has 0 unspecified atom stereocenters. The number of benzene rings is 2. The highest BCUT2D eigenvalue weighted by Gasteiger charge is 2.25. The number of halogens is 3. The van der Waals surface area contributed by atoms with E-state index >= 15 is 0 Å². The minimum atomic E-state index is -0.606. The summed E-state index contributed by atoms with van der Waals surface area (Å²) < 4.78 is 0. The van der Waals surface area contributed by atoms with Crippen molar-refractivity contribution in [3.63, 3.8) is 0 Å². The van der Waals surface area contributed by atoms with Gasteiger partial charge in [0.2, 0.25) is 5.91 Å². The van der Waals surface area contributed by atoms with Gasteiger partial charge in [0.1, 0.15) is 11.6 Å². The minimum absolute atomic E-state index is 0.0855. The Balaban J connectivity index is 2.62. The number of nitrogens with zero attached hydrogens (tertiary/aromatic N) is 2. The molecule has 0 saturated heterocycles. The fraction of sp³-hybridized carbons (Fsp3) is 0.0714. The number of rotatable bonds is 4. The first-order valence-electron chi connectivity index (χ1n) is 6.02. The monoisotopic (exact) mass is 358 g/mol. The summed E-state index contributed by atoms with van der Waals surface area (Å²) in [5.74, 6) is -0.836. The molecule has 0 saturated carbocycles. The molecular formula is C14H9Cl3N2O3. The molecule has 0 aliphatic carbocycles. The summed E-state index contributed by atoms with van der Waals surface area (Å²) >= 11 is 17.2. The molecule has 22 heavy (non-hydrogen) atoms. The number of nitro benzene ring substituents is 1. The molecule has 0 bridgehead atoms. The Morgan fingerprint density at radius 1 is 1.09 bits per heavy atom. The summed E-state index contributed by atoms with van der Waals surface area (Å²) in [5, 5.41) is 11.9. The maximum Gasteiger partial charge on any atom is 0.294 e. The van der Waals surface area contributed by atoms with Crippen molar-refractivity contribution in [1.29, 1.82) is 0 Å². The number of hydrogen-bond acceptors (Lipinski definition) is 3. The van der Waals surface area contributed by atoms with Crippen molar-refractivity contribution >= 4 is 57.8 Å². The number of nitro groups is 1. The Kier molecular flexibility index (Phi) is 5.24. The molecule has 0 spiro atoms. The van der Waals surface area contributed by atoms with Crippen LogP contribution in [0.1, 0.15) is 0 Å². The van der Waals surface area contributed by atoms with Gasteiger partial charge in [0.05, 0.1) is 4.92 Å². The molecule has 0 aliphatic heterocycles. The lowest BCUT2D eigenvalue weighted by molar-refractivity contribution is -0.384. The van der Waals surface area contributed by atoms with Gasteiger partial charge in [-0.15, -0.1) is 11.6 Å². The highest BCUT2D eigenvalue weighted by molar-refractivity contribution is 6.32. The van der Waals surface area contributed by atoms with Gasteiger partial charge in [-0.3, -0.25) is 19.8 Å². The number of carbonyl (C=O) groups excluding carboxylic acids is 1. The van der Waals surface area contributed by atoms with Crippen molar-refractivity contribution in [2.45, 2.75) is 0 Å². The third-order valence-electron chi connectivity index (χ3n) is 2.82. The Hall–Kier alpha value is -1.82. The Morgan fingerprint density at radius 2 is 1.68 bits per heavy atom. The molecular weight excluding hydrogens is 351 g/mol. The maximum atomic E-state index is 12.2. The number of anilines is 2. The van der Waals surface area contributed by atoms with Crippen LogP contribution in [0.15, 0.2) is 42.5 Å². The smallest absolute Gasteiger partial charge is 0.273 e. The van der Waals surface area contributed by atoms with E-state index in [9.17, 15) is 14.9 Å². The summed E-state index contributed by atoms with van der Waals surface area (Å²) in [6.45, 7) is 0. The van der Waals surface area contributed by atoms with E-state index in [0.717, 1.165) is 4.90 Å². The largest absolute Gasteiger partial charge is 0.294 e. The van der Waals surface area contributed by atoms with E-state index in [-0.39, 0.29) is 22.3 Å². The van der Waals surface area contributed by atoms with Crippen LogP contribution in [0.2, 0.25) is 10.0 Å². The molecule has 2 rings (SSSR count). The van der Waals surface area contributed by atoms with Crippen LogP contribution in [-0.2, 0) is 4.79 Å². The van der Waals surface area contributed by atoms with Gasteiger partial charge < -0.3 is 0 Å². The van der Waals surface area contributed by atoms with Crippen LogP contribution < -0.4 is 4.90 Å². The van der Waals surface area contributed by atoms with Gasteiger partial charge in [0, 0.05) is 21.8 Å². The third-order valence-corrected chi connectivity index (χ3v) is 3.54. The molecule has 0 N–H and O–H groups in total. The highest BCUT2D eigenvalue weighted by atomic mass is 35.5. The van der Waals surface area contributed by atoms with Crippen LogP contribution >= 0.6 is 34.8 Å². The van der Waals surface area contributed by atoms with Crippen LogP contribution in [-0.4, -0.2) is 16.7 Å². The zero-order valence-electron chi connectivity index (χ0n) is 11.0. The number of alkyl halides is 1. The maximum absolute atomic E-state index is 12.2. The van der Waals surface area contributed by atoms with Crippen molar-refractivity contribution in [3.8, 4) is 0 Å². The van der Waals surface area contributed by atoms with E-state index in [0.29, 0.717) is 10.7 Å². The summed E-state index contributed by atoms with van der Waals surface area (Å²) in [6.07, 6.45) is 0. The quantitative estimate of drug-likeness (QED) is 0.447. The average Bonchev–Trinajstić information content (AvgIpc) is 2.50. The fourth-order valence-corrected chi connectivity index (χ4v) is 2.31. The highest BCUT2D eigenvalue weighted by Crippen LogP contribution is 2.36. The van der Waals surface area contributed by atoms with Crippen LogP contribution in [0.25, 0.3) is 0 Å². The van der Waals surface area contributed by atoms with Gasteiger partial charge in [-0.1, -0.05) is 23.2 Å². The molecule has 0 aromatic heterocycles. The Morgan fingerprint density at radius 3 is 2.23 bits per heavy atom. The molecule has 0 radical (unpaired) electrons. The fourth-order valence-electron chi connectivity index (χ4n) is 1.90. The van der Waals surface area contributed by atoms with Gasteiger partial charge >= 0.3 is 0 Å². The van der Waals surface area contributed by atoms with E-state index in [4.69, 9.17) is 34.8 Å². The van der Waals surface area contributed by atoms with E-state index in [1.54, 1.807) is 24.3 Å². The number of hydrogen-bond donors (Lipinski definition) is 0. The molecule has 0 atom stereocenters. The normalized spacial score (nSPS) is 10.3. The molecule has 0 heterocycles. The lowest BCUT2D eigenvalue weighted by Gasteiger charge is -2.22. The van der Waals surface area contributed by atoms with Gasteiger partial charge in [-0.25, -0.2) is 0 Å². The predicted molar refractivity (Wildman–Crippen MR) is 87.4 cm³/mol.